The van der Waals surface area contributed by atoms with E-state index in [-0.39, 0.29) is 19.8 Å². The zero-order chi connectivity index (χ0) is 22.8. The Morgan fingerprint density at radius 2 is 1.47 bits per heavy atom. The number of amides is 1. The standard InChI is InChI=1S/C25H24NO4PS/c1-2-24(27)29-17-16-26-25(28)30-19-20-10-9-15-23(18-20)31(32,21-11-5-3-6-12-21)22-13-7-4-8-14-22/h2-15,18H,1,16-17,19H2,(H,26,28). The first-order chi connectivity index (χ1) is 15.5. The second-order valence-electron chi connectivity index (χ2n) is 6.82. The summed E-state index contributed by atoms with van der Waals surface area (Å²) in [7, 11) is 0. The molecule has 0 aliphatic heterocycles. The van der Waals surface area contributed by atoms with E-state index in [1.807, 2.05) is 60.7 Å². The summed E-state index contributed by atoms with van der Waals surface area (Å²) in [5.74, 6) is -0.537. The molecule has 0 heterocycles. The number of carbonyl (C=O) groups is 2. The van der Waals surface area contributed by atoms with Crippen molar-refractivity contribution < 1.29 is 19.1 Å². The van der Waals surface area contributed by atoms with E-state index in [0.29, 0.717) is 0 Å². The van der Waals surface area contributed by atoms with Gasteiger partial charge in [0.05, 0.1) is 6.54 Å². The van der Waals surface area contributed by atoms with Crippen molar-refractivity contribution in [2.45, 2.75) is 6.61 Å². The van der Waals surface area contributed by atoms with Gasteiger partial charge in [0.1, 0.15) is 13.2 Å². The summed E-state index contributed by atoms with van der Waals surface area (Å²) in [5, 5.41) is 5.78. The van der Waals surface area contributed by atoms with Crippen molar-refractivity contribution in [2.75, 3.05) is 13.2 Å². The van der Waals surface area contributed by atoms with Crippen LogP contribution in [0.4, 0.5) is 4.79 Å². The average molecular weight is 466 g/mol. The van der Waals surface area contributed by atoms with Gasteiger partial charge in [0.25, 0.3) is 0 Å². The number of benzene rings is 3. The maximum absolute atomic E-state index is 11.9. The molecule has 32 heavy (non-hydrogen) atoms. The van der Waals surface area contributed by atoms with Crippen LogP contribution in [0.15, 0.2) is 97.6 Å². The quantitative estimate of drug-likeness (QED) is 0.227. The first-order valence-corrected chi connectivity index (χ1v) is 12.8. The second-order valence-corrected chi connectivity index (χ2v) is 11.2. The fourth-order valence-electron chi connectivity index (χ4n) is 3.13. The van der Waals surface area contributed by atoms with Gasteiger partial charge in [0.15, 0.2) is 0 Å². The molecule has 0 fully saturated rings. The molecule has 0 radical (unpaired) electrons. The molecule has 0 aliphatic carbocycles. The number of esters is 1. The summed E-state index contributed by atoms with van der Waals surface area (Å²) in [6.45, 7) is 3.61. The van der Waals surface area contributed by atoms with Gasteiger partial charge in [-0.1, -0.05) is 97.2 Å². The summed E-state index contributed by atoms with van der Waals surface area (Å²) in [6.07, 6.45) is 0.480. The van der Waals surface area contributed by atoms with Gasteiger partial charge in [-0.05, 0) is 27.5 Å². The number of rotatable bonds is 9. The monoisotopic (exact) mass is 465 g/mol. The number of ether oxygens (including phenoxy) is 2. The van der Waals surface area contributed by atoms with Crippen LogP contribution in [0, 0.1) is 0 Å². The molecule has 3 aromatic rings. The molecule has 0 bridgehead atoms. The van der Waals surface area contributed by atoms with E-state index in [0.717, 1.165) is 27.6 Å². The molecule has 5 nitrogen and oxygen atoms in total. The molecule has 0 spiro atoms. The average Bonchev–Trinajstić information content (AvgIpc) is 2.86. The maximum Gasteiger partial charge on any atom is 0.407 e. The van der Waals surface area contributed by atoms with Crippen molar-refractivity contribution in [1.29, 1.82) is 0 Å². The summed E-state index contributed by atoms with van der Waals surface area (Å²) in [5.41, 5.74) is 0.844. The van der Waals surface area contributed by atoms with Gasteiger partial charge in [0, 0.05) is 12.1 Å². The summed E-state index contributed by atoms with van der Waals surface area (Å²) < 4.78 is 10.1. The van der Waals surface area contributed by atoms with Gasteiger partial charge in [-0.25, -0.2) is 9.59 Å². The number of nitrogens with one attached hydrogen (secondary N) is 1. The van der Waals surface area contributed by atoms with Gasteiger partial charge >= 0.3 is 12.1 Å². The lowest BCUT2D eigenvalue weighted by molar-refractivity contribution is -0.137. The van der Waals surface area contributed by atoms with E-state index in [1.54, 1.807) is 0 Å². The van der Waals surface area contributed by atoms with Crippen LogP contribution in [-0.2, 0) is 32.7 Å². The van der Waals surface area contributed by atoms with Crippen LogP contribution in [0.1, 0.15) is 5.56 Å². The van der Waals surface area contributed by atoms with Crippen molar-refractivity contribution in [3.63, 3.8) is 0 Å². The summed E-state index contributed by atoms with van der Waals surface area (Å²) in [4.78, 5) is 22.9. The molecule has 1 amide bonds. The molecule has 0 saturated carbocycles. The third-order valence-electron chi connectivity index (χ3n) is 4.67. The van der Waals surface area contributed by atoms with Gasteiger partial charge in [0.2, 0.25) is 0 Å². The van der Waals surface area contributed by atoms with Crippen LogP contribution >= 0.6 is 6.04 Å². The Morgan fingerprint density at radius 3 is 2.06 bits per heavy atom. The molecule has 3 rings (SSSR count). The molecule has 0 unspecified atom stereocenters. The summed E-state index contributed by atoms with van der Waals surface area (Å²) in [6, 6.07) is 25.9. The van der Waals surface area contributed by atoms with Crippen LogP contribution in [-0.4, -0.2) is 25.2 Å². The van der Waals surface area contributed by atoms with Crippen LogP contribution in [0.25, 0.3) is 0 Å². The fraction of sp³-hybridized carbons (Fsp3) is 0.120. The molecular formula is C25H24NO4PS. The first kappa shape index (κ1) is 23.5. The van der Waals surface area contributed by atoms with Gasteiger partial charge in [-0.15, -0.1) is 0 Å². The van der Waals surface area contributed by atoms with Gasteiger partial charge < -0.3 is 14.8 Å². The third kappa shape index (κ3) is 5.94. The number of alkyl carbamates (subject to hydrolysis) is 1. The number of hydrogen-bond acceptors (Lipinski definition) is 5. The van der Waals surface area contributed by atoms with Crippen molar-refractivity contribution in [3.8, 4) is 0 Å². The largest absolute Gasteiger partial charge is 0.461 e. The predicted molar refractivity (Wildman–Crippen MR) is 132 cm³/mol. The molecule has 7 heteroatoms. The normalized spacial score (nSPS) is 10.8. The van der Waals surface area contributed by atoms with Gasteiger partial charge in [-0.2, -0.15) is 0 Å². The van der Waals surface area contributed by atoms with Crippen LogP contribution in [0.5, 0.6) is 0 Å². The SMILES string of the molecule is C=CC(=O)OCCNC(=O)OCc1cccc(P(=S)(c2ccccc2)c2ccccc2)c1. The maximum atomic E-state index is 11.9. The minimum Gasteiger partial charge on any atom is -0.461 e. The first-order valence-electron chi connectivity index (χ1n) is 10.0. The lowest BCUT2D eigenvalue weighted by Gasteiger charge is -2.24. The number of hydrogen-bond donors (Lipinski definition) is 1. The second kappa shape index (κ2) is 11.4. The van der Waals surface area contributed by atoms with Crippen molar-refractivity contribution >= 4 is 45.8 Å². The Balaban J connectivity index is 1.73. The zero-order valence-electron chi connectivity index (χ0n) is 17.5. The van der Waals surface area contributed by atoms with Crippen molar-refractivity contribution in [2.24, 2.45) is 0 Å². The van der Waals surface area contributed by atoms with E-state index in [9.17, 15) is 9.59 Å². The molecule has 3 aromatic carbocycles. The molecule has 0 aliphatic rings. The highest BCUT2D eigenvalue weighted by Crippen LogP contribution is 2.42. The van der Waals surface area contributed by atoms with Crippen LogP contribution < -0.4 is 21.2 Å². The fourth-order valence-corrected chi connectivity index (χ4v) is 6.92. The molecule has 164 valence electrons. The number of carbonyl (C=O) groups excluding carboxylic acids is 2. The molecule has 1 N–H and O–H groups in total. The lowest BCUT2D eigenvalue weighted by atomic mass is 10.2. The molecular weight excluding hydrogens is 441 g/mol. The highest BCUT2D eigenvalue weighted by molar-refractivity contribution is 8.25. The Hall–Kier alpha value is -3.21. The predicted octanol–water partition coefficient (Wildman–Crippen LogP) is 3.40. The highest BCUT2D eigenvalue weighted by atomic mass is 32.4. The zero-order valence-corrected chi connectivity index (χ0v) is 19.2. The van der Waals surface area contributed by atoms with E-state index in [4.69, 9.17) is 21.3 Å². The minimum atomic E-state index is -2.26. The van der Waals surface area contributed by atoms with E-state index < -0.39 is 18.1 Å². The van der Waals surface area contributed by atoms with Crippen LogP contribution in [0.3, 0.4) is 0 Å². The van der Waals surface area contributed by atoms with E-state index >= 15 is 0 Å². The van der Waals surface area contributed by atoms with Gasteiger partial charge in [-0.3, -0.25) is 0 Å². The van der Waals surface area contributed by atoms with Crippen LogP contribution in [0.2, 0.25) is 0 Å². The topological polar surface area (TPSA) is 64.6 Å². The van der Waals surface area contributed by atoms with E-state index in [1.165, 1.54) is 0 Å². The van der Waals surface area contributed by atoms with E-state index in [2.05, 4.69) is 36.2 Å². The minimum absolute atomic E-state index is 0.0482. The van der Waals surface area contributed by atoms with Crippen molar-refractivity contribution in [1.82, 2.24) is 5.32 Å². The third-order valence-corrected chi connectivity index (χ3v) is 9.62. The smallest absolute Gasteiger partial charge is 0.407 e. The highest BCUT2D eigenvalue weighted by Gasteiger charge is 2.24. The van der Waals surface area contributed by atoms with Crippen molar-refractivity contribution in [3.05, 3.63) is 103 Å². The molecule has 0 saturated heterocycles. The Morgan fingerprint density at radius 1 is 0.875 bits per heavy atom. The Bertz CT molecular complexity index is 1080. The summed E-state index contributed by atoms with van der Waals surface area (Å²) >= 11 is 6.34. The Kier molecular flexibility index (Phi) is 8.37. The molecule has 0 aromatic heterocycles. The molecule has 0 atom stereocenters. The lowest BCUT2D eigenvalue weighted by Crippen LogP contribution is -2.28. The Labute approximate surface area is 193 Å².